The highest BCUT2D eigenvalue weighted by molar-refractivity contribution is 7.20. The van der Waals surface area contributed by atoms with Crippen molar-refractivity contribution in [3.8, 4) is 5.88 Å². The van der Waals surface area contributed by atoms with Crippen LogP contribution in [0.2, 0.25) is 0 Å². The lowest BCUT2D eigenvalue weighted by atomic mass is 9.12. The molecule has 0 atom stereocenters. The first-order valence-corrected chi connectivity index (χ1v) is 18.3. The minimum absolute atomic E-state index is 0.151. The van der Waals surface area contributed by atoms with Gasteiger partial charge in [-0.05, 0) is 25.3 Å². The lowest BCUT2D eigenvalue weighted by molar-refractivity contribution is -0.692. The molecule has 2 nitrogen and oxygen atoms in total. The van der Waals surface area contributed by atoms with E-state index in [0.717, 1.165) is 17.8 Å². The van der Waals surface area contributed by atoms with Gasteiger partial charge in [0.1, 0.15) is 52.7 Å². The molecule has 0 saturated heterocycles. The maximum atomic E-state index is 15.4. The zero-order valence-corrected chi connectivity index (χ0v) is 32.6. The van der Waals surface area contributed by atoms with Gasteiger partial charge in [0.25, 0.3) is 0 Å². The fraction of sp³-hybridized carbons (Fsp3) is 0.0930. The summed E-state index contributed by atoms with van der Waals surface area (Å²) in [6, 6.07) is 21.0. The van der Waals surface area contributed by atoms with Gasteiger partial charge in [0.2, 0.25) is 0 Å². The number of benzene rings is 6. The Labute approximate surface area is 356 Å². The standard InChI is InChI=1S/C24BF20.C19H20NO/c26-5-1(6(27)14(35)21(42)13(5)34)25(2-7(28)15(36)22(43)16(37)8(2)29,3-9(30)17(38)23(44)18(39)10(3)31)4-11(32)19(40)24(45)20(41)12(4)33;1-15(2)21-19-18-11-7-6-10-17(18)12-13-20(19)14-16-8-4-3-5-9-16/h;3-13,15H,14H2,1-2H3/q-1;+1. The van der Waals surface area contributed by atoms with Gasteiger partial charge < -0.3 is 4.74 Å². The average molecular weight is 957 g/mol. The van der Waals surface area contributed by atoms with Crippen LogP contribution in [0.1, 0.15) is 19.4 Å². The molecule has 7 rings (SSSR count). The van der Waals surface area contributed by atoms with Gasteiger partial charge in [-0.15, -0.1) is 21.9 Å². The quantitative estimate of drug-likeness (QED) is 0.0487. The highest BCUT2D eigenvalue weighted by atomic mass is 19.2. The molecule has 6 aromatic carbocycles. The third kappa shape index (κ3) is 7.70. The summed E-state index contributed by atoms with van der Waals surface area (Å²) in [6.45, 7) is 4.94. The van der Waals surface area contributed by atoms with Gasteiger partial charge in [0.05, 0.1) is 11.5 Å². The second-order valence-electron chi connectivity index (χ2n) is 14.3. The Bertz CT molecular complexity index is 2690. The van der Waals surface area contributed by atoms with E-state index in [9.17, 15) is 52.7 Å². The first-order valence-electron chi connectivity index (χ1n) is 18.3. The van der Waals surface area contributed by atoms with Crippen LogP contribution in [0.5, 0.6) is 5.88 Å². The number of aromatic nitrogens is 1. The fourth-order valence-corrected chi connectivity index (χ4v) is 7.36. The van der Waals surface area contributed by atoms with E-state index < -0.39 is 144 Å². The lowest BCUT2D eigenvalue weighted by Crippen LogP contribution is -2.81. The zero-order valence-electron chi connectivity index (χ0n) is 32.6. The topological polar surface area (TPSA) is 13.1 Å². The van der Waals surface area contributed by atoms with Gasteiger partial charge in [-0.1, -0.05) is 48.5 Å². The summed E-state index contributed by atoms with van der Waals surface area (Å²) in [5.74, 6) is -70.5. The molecule has 1 aromatic heterocycles. The Morgan fingerprint density at radius 1 is 0.379 bits per heavy atom. The molecule has 66 heavy (non-hydrogen) atoms. The molecule has 0 aliphatic carbocycles. The highest BCUT2D eigenvalue weighted by Crippen LogP contribution is 2.31. The molecular formula is C43H20BF20NO. The summed E-state index contributed by atoms with van der Waals surface area (Å²) in [5, 5.41) is 2.36. The van der Waals surface area contributed by atoms with Crippen molar-refractivity contribution in [2.24, 2.45) is 0 Å². The molecule has 0 bridgehead atoms. The molecule has 0 spiro atoms. The van der Waals surface area contributed by atoms with Gasteiger partial charge in [0, 0.05) is 11.6 Å². The van der Waals surface area contributed by atoms with E-state index in [0.29, 0.717) is 0 Å². The predicted molar refractivity (Wildman–Crippen MR) is 195 cm³/mol. The van der Waals surface area contributed by atoms with Gasteiger partial charge in [-0.2, -0.15) is 4.57 Å². The number of pyridine rings is 1. The van der Waals surface area contributed by atoms with Crippen molar-refractivity contribution in [3.63, 3.8) is 0 Å². The third-order valence-electron chi connectivity index (χ3n) is 10.1. The van der Waals surface area contributed by atoms with Crippen LogP contribution in [0.25, 0.3) is 10.8 Å². The Hall–Kier alpha value is -6.81. The van der Waals surface area contributed by atoms with Crippen LogP contribution in [-0.4, -0.2) is 12.2 Å². The van der Waals surface area contributed by atoms with Crippen LogP contribution in [0.3, 0.4) is 0 Å². The van der Waals surface area contributed by atoms with Crippen molar-refractivity contribution in [1.82, 2.24) is 0 Å². The molecule has 23 heteroatoms. The van der Waals surface area contributed by atoms with Crippen molar-refractivity contribution in [2.75, 3.05) is 0 Å². The molecule has 0 fully saturated rings. The number of rotatable bonds is 8. The van der Waals surface area contributed by atoms with Gasteiger partial charge in [-0.3, -0.25) is 0 Å². The van der Waals surface area contributed by atoms with E-state index in [4.69, 9.17) is 4.74 Å². The summed E-state index contributed by atoms with van der Waals surface area (Å²) < 4.78 is 302. The molecule has 0 aliphatic rings. The molecule has 346 valence electrons. The predicted octanol–water partition coefficient (Wildman–Crippen LogP) is 9.81. The van der Waals surface area contributed by atoms with Crippen LogP contribution >= 0.6 is 0 Å². The van der Waals surface area contributed by atoms with Crippen LogP contribution in [-0.2, 0) is 6.54 Å². The first-order chi connectivity index (χ1) is 30.9. The van der Waals surface area contributed by atoms with Crippen molar-refractivity contribution in [3.05, 3.63) is 189 Å². The summed E-state index contributed by atoms with van der Waals surface area (Å²) >= 11 is 0. The number of hydrogen-bond acceptors (Lipinski definition) is 1. The second-order valence-corrected chi connectivity index (χ2v) is 14.3. The number of hydrogen-bond donors (Lipinski definition) is 0. The van der Waals surface area contributed by atoms with Gasteiger partial charge >= 0.3 is 5.88 Å². The van der Waals surface area contributed by atoms with Crippen LogP contribution < -0.4 is 31.2 Å². The largest absolute Gasteiger partial charge is 0.441 e. The fourth-order valence-electron chi connectivity index (χ4n) is 7.36. The monoisotopic (exact) mass is 957 g/mol. The zero-order chi connectivity index (χ0) is 49.0. The SMILES string of the molecule is CC(C)Oc1c2ccccc2cc[n+]1Cc1ccccc1.Fc1c(F)c(F)c([B-](c2c(F)c(F)c(F)c(F)c2F)(c2c(F)c(F)c(F)c(F)c2F)c2c(F)c(F)c(F)c(F)c2F)c(F)c1F. The number of ether oxygens (including phenoxy) is 1. The van der Waals surface area contributed by atoms with Crippen LogP contribution in [0.4, 0.5) is 87.8 Å². The maximum Gasteiger partial charge on any atom is 0.376 e. The first kappa shape index (κ1) is 48.6. The smallest absolute Gasteiger partial charge is 0.376 e. The van der Waals surface area contributed by atoms with Gasteiger partial charge in [0.15, 0.2) is 82.5 Å². The Morgan fingerprint density at radius 2 is 0.667 bits per heavy atom. The molecule has 0 saturated carbocycles. The van der Waals surface area contributed by atoms with E-state index in [-0.39, 0.29) is 6.10 Å². The van der Waals surface area contributed by atoms with Crippen LogP contribution in [0, 0.1) is 116 Å². The van der Waals surface area contributed by atoms with E-state index >= 15 is 35.1 Å². The summed E-state index contributed by atoms with van der Waals surface area (Å²) in [5.41, 5.74) is -13.1. The van der Waals surface area contributed by atoms with Crippen molar-refractivity contribution in [2.45, 2.75) is 26.5 Å². The Balaban J connectivity index is 0.000000284. The van der Waals surface area contributed by atoms with Crippen molar-refractivity contribution < 1.29 is 97.1 Å². The van der Waals surface area contributed by atoms with Gasteiger partial charge in [-0.25, -0.2) is 87.8 Å². The lowest BCUT2D eigenvalue weighted by Gasteiger charge is -2.44. The maximum absolute atomic E-state index is 15.4. The number of halogens is 20. The van der Waals surface area contributed by atoms with E-state index in [1.54, 1.807) is 0 Å². The molecule has 0 unspecified atom stereocenters. The summed E-state index contributed by atoms with van der Waals surface area (Å²) in [4.78, 5) is 0. The van der Waals surface area contributed by atoms with E-state index in [2.05, 4.69) is 79.2 Å². The van der Waals surface area contributed by atoms with Crippen molar-refractivity contribution in [1.29, 1.82) is 0 Å². The highest BCUT2D eigenvalue weighted by Gasteiger charge is 2.52. The molecule has 0 N–H and O–H groups in total. The molecule has 0 radical (unpaired) electrons. The number of fused-ring (bicyclic) bond motifs is 1. The molecule has 1 heterocycles. The second kappa shape index (κ2) is 18.2. The minimum Gasteiger partial charge on any atom is -0.441 e. The van der Waals surface area contributed by atoms with Crippen molar-refractivity contribution >= 4 is 38.8 Å². The van der Waals surface area contributed by atoms with E-state index in [1.165, 1.54) is 10.9 Å². The Kier molecular flexibility index (Phi) is 13.4. The summed E-state index contributed by atoms with van der Waals surface area (Å²) in [6.07, 6.45) is -4.96. The molecule has 0 aliphatic heterocycles. The Morgan fingerprint density at radius 3 is 0.985 bits per heavy atom. The average Bonchev–Trinajstić information content (AvgIpc) is 3.30. The van der Waals surface area contributed by atoms with Crippen LogP contribution in [0.15, 0.2) is 66.9 Å². The number of nitrogens with zero attached hydrogens (tertiary/aromatic N) is 1. The van der Waals surface area contributed by atoms with E-state index in [1.807, 2.05) is 6.07 Å². The third-order valence-corrected chi connectivity index (χ3v) is 10.1. The minimum atomic E-state index is -7.22. The molecule has 7 aromatic rings. The summed E-state index contributed by atoms with van der Waals surface area (Å²) in [7, 11) is 0. The normalized spacial score (nSPS) is 11.7. The molecular weight excluding hydrogens is 937 g/mol. The molecule has 0 amide bonds.